The van der Waals surface area contributed by atoms with Crippen molar-refractivity contribution < 1.29 is 14.3 Å². The molecule has 2 aromatic rings. The molecule has 7 heteroatoms. The van der Waals surface area contributed by atoms with Crippen molar-refractivity contribution in [3.05, 3.63) is 34.2 Å². The molecule has 2 heterocycles. The van der Waals surface area contributed by atoms with Gasteiger partial charge in [0.2, 0.25) is 0 Å². The Kier molecular flexibility index (Phi) is 6.68. The van der Waals surface area contributed by atoms with E-state index < -0.39 is 0 Å². The van der Waals surface area contributed by atoms with Gasteiger partial charge in [0.15, 0.2) is 0 Å². The number of aromatic amines is 1. The zero-order chi connectivity index (χ0) is 19.2. The Bertz CT molecular complexity index is 818. The number of piperidine rings is 1. The van der Waals surface area contributed by atoms with Gasteiger partial charge in [-0.25, -0.2) is 4.79 Å². The summed E-state index contributed by atoms with van der Waals surface area (Å²) in [6, 6.07) is 5.44. The fraction of sp³-hybridized carbons (Fsp3) is 0.600. The minimum atomic E-state index is -0.173. The first kappa shape index (κ1) is 19.6. The van der Waals surface area contributed by atoms with E-state index in [0.29, 0.717) is 36.8 Å². The van der Waals surface area contributed by atoms with Crippen molar-refractivity contribution >= 4 is 16.9 Å². The molecule has 3 rings (SSSR count). The van der Waals surface area contributed by atoms with Gasteiger partial charge in [-0.2, -0.15) is 0 Å². The fourth-order valence-corrected chi connectivity index (χ4v) is 3.71. The van der Waals surface area contributed by atoms with Crippen LogP contribution in [0.5, 0.6) is 0 Å². The molecule has 1 N–H and O–H groups in total. The Labute approximate surface area is 159 Å². The molecule has 1 aromatic carbocycles. The van der Waals surface area contributed by atoms with Gasteiger partial charge in [-0.1, -0.05) is 0 Å². The number of carbonyl (C=O) groups is 1. The van der Waals surface area contributed by atoms with E-state index in [2.05, 4.69) is 4.98 Å². The summed E-state index contributed by atoms with van der Waals surface area (Å²) in [6.07, 6.45) is 3.09. The average molecular weight is 375 g/mol. The molecule has 7 nitrogen and oxygen atoms in total. The summed E-state index contributed by atoms with van der Waals surface area (Å²) in [6.45, 7) is 5.86. The molecular weight excluding hydrogens is 346 g/mol. The van der Waals surface area contributed by atoms with Crippen LogP contribution in [0, 0.1) is 5.92 Å². The van der Waals surface area contributed by atoms with Crippen molar-refractivity contribution in [1.82, 2.24) is 14.5 Å². The van der Waals surface area contributed by atoms with Crippen LogP contribution in [-0.4, -0.2) is 60.4 Å². The fourth-order valence-electron chi connectivity index (χ4n) is 3.71. The molecule has 0 aliphatic carbocycles. The van der Waals surface area contributed by atoms with Crippen molar-refractivity contribution in [3.63, 3.8) is 0 Å². The minimum Gasteiger partial charge on any atom is -0.385 e. The van der Waals surface area contributed by atoms with Crippen molar-refractivity contribution in [3.8, 4) is 0 Å². The van der Waals surface area contributed by atoms with E-state index in [0.717, 1.165) is 44.5 Å². The molecule has 1 aliphatic rings. The predicted octanol–water partition coefficient (Wildman–Crippen LogP) is 2.25. The first-order valence-corrected chi connectivity index (χ1v) is 9.72. The van der Waals surface area contributed by atoms with Crippen LogP contribution in [0.25, 0.3) is 11.0 Å². The molecule has 1 aliphatic heterocycles. The second-order valence-electron chi connectivity index (χ2n) is 7.03. The lowest BCUT2D eigenvalue weighted by atomic mass is 9.93. The number of ether oxygens (including phenoxy) is 2. The van der Waals surface area contributed by atoms with E-state index in [1.54, 1.807) is 17.7 Å². The van der Waals surface area contributed by atoms with Gasteiger partial charge in [-0.05, 0) is 50.3 Å². The van der Waals surface area contributed by atoms with Gasteiger partial charge in [0.1, 0.15) is 0 Å². The molecule has 0 spiro atoms. The molecule has 148 valence electrons. The molecule has 1 aromatic heterocycles. The van der Waals surface area contributed by atoms with Crippen LogP contribution in [0.1, 0.15) is 36.5 Å². The van der Waals surface area contributed by atoms with E-state index in [-0.39, 0.29) is 11.6 Å². The number of amides is 1. The van der Waals surface area contributed by atoms with Gasteiger partial charge in [0.05, 0.1) is 24.2 Å². The Balaban J connectivity index is 1.68. The third kappa shape index (κ3) is 4.59. The van der Waals surface area contributed by atoms with Crippen LogP contribution < -0.4 is 5.69 Å². The molecule has 27 heavy (non-hydrogen) atoms. The van der Waals surface area contributed by atoms with Crippen molar-refractivity contribution in [2.45, 2.75) is 32.7 Å². The number of nitrogens with zero attached hydrogens (tertiary/aromatic N) is 2. The van der Waals surface area contributed by atoms with Crippen molar-refractivity contribution in [2.24, 2.45) is 5.92 Å². The van der Waals surface area contributed by atoms with Gasteiger partial charge in [-0.15, -0.1) is 0 Å². The van der Waals surface area contributed by atoms with Crippen LogP contribution >= 0.6 is 0 Å². The van der Waals surface area contributed by atoms with E-state index >= 15 is 0 Å². The monoisotopic (exact) mass is 375 g/mol. The standard InChI is InChI=1S/C20H29N3O4/c1-3-27-13-11-23-18-5-4-16(14-17(18)21-20(23)25)19(24)22-9-6-15(7-10-22)8-12-26-2/h4-5,14-15H,3,6-13H2,1-2H3,(H,21,25). The van der Waals surface area contributed by atoms with E-state index in [1.807, 2.05) is 24.0 Å². The summed E-state index contributed by atoms with van der Waals surface area (Å²) in [7, 11) is 1.73. The first-order chi connectivity index (χ1) is 13.1. The van der Waals surface area contributed by atoms with Crippen molar-refractivity contribution in [1.29, 1.82) is 0 Å². The van der Waals surface area contributed by atoms with Crippen LogP contribution in [0.3, 0.4) is 0 Å². The van der Waals surface area contributed by atoms with E-state index in [1.165, 1.54) is 0 Å². The topological polar surface area (TPSA) is 76.6 Å². The van der Waals surface area contributed by atoms with Gasteiger partial charge in [0.25, 0.3) is 5.91 Å². The quantitative estimate of drug-likeness (QED) is 0.718. The Hall–Kier alpha value is -2.12. The SMILES string of the molecule is CCOCCn1c(=O)[nH]c2cc(C(=O)N3CCC(CCOC)CC3)ccc21. The van der Waals surface area contributed by atoms with Crippen molar-refractivity contribution in [2.75, 3.05) is 40.0 Å². The summed E-state index contributed by atoms with van der Waals surface area (Å²) >= 11 is 0. The number of rotatable bonds is 8. The number of imidazole rings is 1. The number of fused-ring (bicyclic) bond motifs is 1. The number of carbonyl (C=O) groups excluding carboxylic acids is 1. The second kappa shape index (κ2) is 9.19. The number of methoxy groups -OCH3 is 1. The lowest BCUT2D eigenvalue weighted by molar-refractivity contribution is 0.0670. The van der Waals surface area contributed by atoms with E-state index in [9.17, 15) is 9.59 Å². The maximum atomic E-state index is 12.8. The maximum absolute atomic E-state index is 12.8. The molecular formula is C20H29N3O4. The normalized spacial score (nSPS) is 15.6. The zero-order valence-electron chi connectivity index (χ0n) is 16.2. The molecule has 0 bridgehead atoms. The third-order valence-corrected chi connectivity index (χ3v) is 5.32. The van der Waals surface area contributed by atoms with Crippen LogP contribution in [0.4, 0.5) is 0 Å². The number of hydrogen-bond donors (Lipinski definition) is 1. The van der Waals surface area contributed by atoms with E-state index in [4.69, 9.17) is 9.47 Å². The molecule has 0 saturated carbocycles. The minimum absolute atomic E-state index is 0.0324. The highest BCUT2D eigenvalue weighted by Crippen LogP contribution is 2.22. The van der Waals surface area contributed by atoms with Crippen LogP contribution in [0.15, 0.2) is 23.0 Å². The smallest absolute Gasteiger partial charge is 0.326 e. The summed E-state index contributed by atoms with van der Waals surface area (Å²) in [5, 5.41) is 0. The third-order valence-electron chi connectivity index (χ3n) is 5.32. The number of benzene rings is 1. The lowest BCUT2D eigenvalue weighted by Gasteiger charge is -2.32. The Morgan fingerprint density at radius 1 is 1.26 bits per heavy atom. The van der Waals surface area contributed by atoms with Gasteiger partial charge in [0, 0.05) is 39.0 Å². The van der Waals surface area contributed by atoms with Gasteiger partial charge >= 0.3 is 5.69 Å². The first-order valence-electron chi connectivity index (χ1n) is 9.72. The Morgan fingerprint density at radius 3 is 2.74 bits per heavy atom. The predicted molar refractivity (Wildman–Crippen MR) is 104 cm³/mol. The largest absolute Gasteiger partial charge is 0.385 e. The molecule has 1 fully saturated rings. The summed E-state index contributed by atoms with van der Waals surface area (Å²) < 4.78 is 12.1. The van der Waals surface area contributed by atoms with Crippen LogP contribution in [0.2, 0.25) is 0 Å². The Morgan fingerprint density at radius 2 is 2.04 bits per heavy atom. The highest BCUT2D eigenvalue weighted by atomic mass is 16.5. The second-order valence-corrected chi connectivity index (χ2v) is 7.03. The molecule has 1 amide bonds. The maximum Gasteiger partial charge on any atom is 0.326 e. The average Bonchev–Trinajstić information content (AvgIpc) is 3.01. The highest BCUT2D eigenvalue weighted by Gasteiger charge is 2.24. The number of nitrogens with one attached hydrogen (secondary N) is 1. The summed E-state index contributed by atoms with van der Waals surface area (Å²) in [5.41, 5.74) is 1.94. The lowest BCUT2D eigenvalue weighted by Crippen LogP contribution is -2.38. The number of H-pyrrole nitrogens is 1. The molecule has 0 radical (unpaired) electrons. The number of likely N-dealkylation sites (tertiary alicyclic amines) is 1. The number of hydrogen-bond acceptors (Lipinski definition) is 4. The summed E-state index contributed by atoms with van der Waals surface area (Å²) in [4.78, 5) is 29.8. The zero-order valence-corrected chi connectivity index (χ0v) is 16.2. The molecule has 1 saturated heterocycles. The number of aromatic nitrogens is 2. The van der Waals surface area contributed by atoms with Gasteiger partial charge < -0.3 is 19.4 Å². The molecule has 0 unspecified atom stereocenters. The summed E-state index contributed by atoms with van der Waals surface area (Å²) in [5.74, 6) is 0.664. The molecule has 0 atom stereocenters. The van der Waals surface area contributed by atoms with Crippen LogP contribution in [-0.2, 0) is 16.0 Å². The highest BCUT2D eigenvalue weighted by molar-refractivity contribution is 5.97. The van der Waals surface area contributed by atoms with Gasteiger partial charge in [-0.3, -0.25) is 9.36 Å².